The largest absolute Gasteiger partial charge is 0.325 e. The van der Waals surface area contributed by atoms with Crippen LogP contribution in [0.5, 0.6) is 0 Å². The lowest BCUT2D eigenvalue weighted by Crippen LogP contribution is -2.26. The molecule has 0 aliphatic rings. The fraction of sp³-hybridized carbons (Fsp3) is 0.364. The lowest BCUT2D eigenvalue weighted by Gasteiger charge is -2.13. The van der Waals surface area contributed by atoms with Gasteiger partial charge in [-0.3, -0.25) is 4.79 Å². The first kappa shape index (κ1) is 12.5. The monoisotopic (exact) mass is 289 g/mol. The number of amides is 1. The van der Waals surface area contributed by atoms with E-state index in [0.717, 1.165) is 5.69 Å². The Hall–Kier alpha value is -0.540. The molecular formula is C11H13BrClNO. The van der Waals surface area contributed by atoms with E-state index in [4.69, 9.17) is 11.6 Å². The van der Waals surface area contributed by atoms with Crippen LogP contribution in [-0.4, -0.2) is 10.7 Å². The van der Waals surface area contributed by atoms with Crippen LogP contribution in [0.3, 0.4) is 0 Å². The van der Waals surface area contributed by atoms with Gasteiger partial charge in [-0.15, -0.1) is 0 Å². The van der Waals surface area contributed by atoms with Crippen molar-refractivity contribution in [3.05, 3.63) is 29.3 Å². The number of halogens is 2. The minimum Gasteiger partial charge on any atom is -0.325 e. The predicted molar refractivity (Wildman–Crippen MR) is 67.6 cm³/mol. The van der Waals surface area contributed by atoms with Crippen molar-refractivity contribution in [3.63, 3.8) is 0 Å². The van der Waals surface area contributed by atoms with Crippen molar-refractivity contribution in [2.24, 2.45) is 5.92 Å². The van der Waals surface area contributed by atoms with E-state index in [9.17, 15) is 4.79 Å². The Bertz CT molecular complexity index is 337. The SMILES string of the molecule is CC(C)[C@@H](Br)C(=O)Nc1ccc(Cl)cc1. The number of alkyl halides is 1. The van der Waals surface area contributed by atoms with E-state index >= 15 is 0 Å². The summed E-state index contributed by atoms with van der Waals surface area (Å²) in [5.41, 5.74) is 0.759. The van der Waals surface area contributed by atoms with E-state index in [-0.39, 0.29) is 16.7 Å². The molecule has 0 saturated carbocycles. The number of benzene rings is 1. The zero-order valence-electron chi connectivity index (χ0n) is 8.63. The average Bonchev–Trinajstić information content (AvgIpc) is 2.20. The van der Waals surface area contributed by atoms with Gasteiger partial charge in [0.2, 0.25) is 5.91 Å². The van der Waals surface area contributed by atoms with Crippen LogP contribution < -0.4 is 5.32 Å². The van der Waals surface area contributed by atoms with E-state index in [1.54, 1.807) is 24.3 Å². The number of hydrogen-bond donors (Lipinski definition) is 1. The maximum atomic E-state index is 11.6. The van der Waals surface area contributed by atoms with E-state index in [1.165, 1.54) is 0 Å². The first-order valence-electron chi connectivity index (χ1n) is 4.71. The summed E-state index contributed by atoms with van der Waals surface area (Å²) in [6.45, 7) is 3.97. The topological polar surface area (TPSA) is 29.1 Å². The van der Waals surface area contributed by atoms with Gasteiger partial charge >= 0.3 is 0 Å². The van der Waals surface area contributed by atoms with Crippen LogP contribution in [0.15, 0.2) is 24.3 Å². The third kappa shape index (κ3) is 3.84. The summed E-state index contributed by atoms with van der Waals surface area (Å²) in [6.07, 6.45) is 0. The zero-order valence-corrected chi connectivity index (χ0v) is 11.0. The molecule has 0 saturated heterocycles. The number of carbonyl (C=O) groups excluding carboxylic acids is 1. The minimum absolute atomic E-state index is 0.0349. The summed E-state index contributed by atoms with van der Waals surface area (Å²) in [5, 5.41) is 3.47. The molecule has 0 spiro atoms. The molecule has 1 amide bonds. The van der Waals surface area contributed by atoms with Crippen LogP contribution in [0, 0.1) is 5.92 Å². The first-order chi connectivity index (χ1) is 7.00. The van der Waals surface area contributed by atoms with Gasteiger partial charge in [-0.2, -0.15) is 0 Å². The molecule has 0 radical (unpaired) electrons. The molecule has 0 aliphatic carbocycles. The number of nitrogens with one attached hydrogen (secondary N) is 1. The zero-order chi connectivity index (χ0) is 11.4. The Morgan fingerprint density at radius 1 is 1.33 bits per heavy atom. The highest BCUT2D eigenvalue weighted by atomic mass is 79.9. The molecule has 1 N–H and O–H groups in total. The number of anilines is 1. The van der Waals surface area contributed by atoms with Crippen molar-refractivity contribution >= 4 is 39.1 Å². The smallest absolute Gasteiger partial charge is 0.238 e. The van der Waals surface area contributed by atoms with Crippen molar-refractivity contribution < 1.29 is 4.79 Å². The van der Waals surface area contributed by atoms with E-state index in [2.05, 4.69) is 21.2 Å². The number of hydrogen-bond acceptors (Lipinski definition) is 1. The summed E-state index contributed by atoms with van der Waals surface area (Å²) < 4.78 is 0. The Kier molecular flexibility index (Phi) is 4.61. The molecule has 0 unspecified atom stereocenters. The van der Waals surface area contributed by atoms with Crippen LogP contribution in [0.2, 0.25) is 5.02 Å². The normalized spacial score (nSPS) is 12.6. The quantitative estimate of drug-likeness (QED) is 0.845. The second-order valence-corrected chi connectivity index (χ2v) is 5.06. The van der Waals surface area contributed by atoms with Crippen molar-refractivity contribution in [2.75, 3.05) is 5.32 Å². The van der Waals surface area contributed by atoms with Crippen LogP contribution in [0.1, 0.15) is 13.8 Å². The summed E-state index contributed by atoms with van der Waals surface area (Å²) >= 11 is 9.08. The van der Waals surface area contributed by atoms with Gasteiger partial charge in [0.15, 0.2) is 0 Å². The predicted octanol–water partition coefficient (Wildman–Crippen LogP) is 3.70. The lowest BCUT2D eigenvalue weighted by atomic mass is 10.1. The molecule has 0 bridgehead atoms. The highest BCUT2D eigenvalue weighted by molar-refractivity contribution is 9.10. The van der Waals surface area contributed by atoms with E-state index in [0.29, 0.717) is 5.02 Å². The second kappa shape index (κ2) is 5.52. The minimum atomic E-state index is -0.173. The van der Waals surface area contributed by atoms with Gasteiger partial charge < -0.3 is 5.32 Å². The van der Waals surface area contributed by atoms with Gasteiger partial charge in [-0.1, -0.05) is 41.4 Å². The maximum absolute atomic E-state index is 11.6. The molecule has 1 rings (SSSR count). The molecule has 4 heteroatoms. The Labute approximate surface area is 103 Å². The third-order valence-electron chi connectivity index (χ3n) is 1.95. The average molecular weight is 291 g/mol. The van der Waals surface area contributed by atoms with Gasteiger partial charge in [0.1, 0.15) is 0 Å². The second-order valence-electron chi connectivity index (χ2n) is 3.64. The van der Waals surface area contributed by atoms with Crippen molar-refractivity contribution in [1.29, 1.82) is 0 Å². The van der Waals surface area contributed by atoms with Gasteiger partial charge in [0, 0.05) is 10.7 Å². The molecule has 0 aliphatic heterocycles. The summed E-state index contributed by atoms with van der Waals surface area (Å²) in [4.78, 5) is 11.5. The van der Waals surface area contributed by atoms with Gasteiger partial charge in [0.05, 0.1) is 4.83 Å². The summed E-state index contributed by atoms with van der Waals surface area (Å²) in [5.74, 6) is 0.227. The van der Waals surface area contributed by atoms with Gasteiger partial charge in [-0.25, -0.2) is 0 Å². The van der Waals surface area contributed by atoms with Gasteiger partial charge in [-0.05, 0) is 30.2 Å². The number of carbonyl (C=O) groups is 1. The third-order valence-corrected chi connectivity index (χ3v) is 3.67. The maximum Gasteiger partial charge on any atom is 0.238 e. The van der Waals surface area contributed by atoms with E-state index in [1.807, 2.05) is 13.8 Å². The standard InChI is InChI=1S/C11H13BrClNO/c1-7(2)10(12)11(15)14-9-5-3-8(13)4-6-9/h3-7,10H,1-2H3,(H,14,15)/t10-/m1/s1. The summed E-state index contributed by atoms with van der Waals surface area (Å²) in [6, 6.07) is 7.05. The van der Waals surface area contributed by atoms with Crippen molar-refractivity contribution in [3.8, 4) is 0 Å². The molecule has 0 aromatic heterocycles. The van der Waals surface area contributed by atoms with Crippen LogP contribution >= 0.6 is 27.5 Å². The Morgan fingerprint density at radius 2 is 1.87 bits per heavy atom. The summed E-state index contributed by atoms with van der Waals surface area (Å²) in [7, 11) is 0. The molecule has 1 aromatic rings. The molecule has 1 aromatic carbocycles. The molecule has 1 atom stereocenters. The Balaban J connectivity index is 2.62. The molecule has 2 nitrogen and oxygen atoms in total. The van der Waals surface area contributed by atoms with E-state index < -0.39 is 0 Å². The van der Waals surface area contributed by atoms with Crippen molar-refractivity contribution in [2.45, 2.75) is 18.7 Å². The van der Waals surface area contributed by atoms with Crippen LogP contribution in [0.25, 0.3) is 0 Å². The lowest BCUT2D eigenvalue weighted by molar-refractivity contribution is -0.116. The van der Waals surface area contributed by atoms with Crippen molar-refractivity contribution in [1.82, 2.24) is 0 Å². The fourth-order valence-corrected chi connectivity index (χ4v) is 1.29. The molecule has 82 valence electrons. The molecule has 15 heavy (non-hydrogen) atoms. The number of rotatable bonds is 3. The van der Waals surface area contributed by atoms with Crippen LogP contribution in [-0.2, 0) is 4.79 Å². The Morgan fingerprint density at radius 3 is 2.33 bits per heavy atom. The molecular weight excluding hydrogens is 277 g/mol. The highest BCUT2D eigenvalue weighted by Crippen LogP contribution is 2.17. The molecule has 0 fully saturated rings. The highest BCUT2D eigenvalue weighted by Gasteiger charge is 2.18. The molecule has 0 heterocycles. The first-order valence-corrected chi connectivity index (χ1v) is 6.00. The fourth-order valence-electron chi connectivity index (χ4n) is 1.05. The van der Waals surface area contributed by atoms with Gasteiger partial charge in [0.25, 0.3) is 0 Å². The van der Waals surface area contributed by atoms with Crippen LogP contribution in [0.4, 0.5) is 5.69 Å².